The van der Waals surface area contributed by atoms with Crippen molar-refractivity contribution in [1.82, 2.24) is 0 Å². The van der Waals surface area contributed by atoms with E-state index in [9.17, 15) is 5.11 Å². The van der Waals surface area contributed by atoms with Crippen molar-refractivity contribution in [1.29, 1.82) is 0 Å². The number of hydrogen-bond donors (Lipinski definition) is 2. The van der Waals surface area contributed by atoms with Crippen LogP contribution >= 0.6 is 0 Å². The normalized spacial score (nSPS) is 12.5. The van der Waals surface area contributed by atoms with Gasteiger partial charge < -0.3 is 10.2 Å². The average Bonchev–Trinajstić information content (AvgIpc) is 2.80. The maximum absolute atomic E-state index is 10.2. The van der Waals surface area contributed by atoms with Crippen LogP contribution in [0.5, 0.6) is 0 Å². The fraction of sp³-hybridized carbons (Fsp3) is 1.00. The van der Waals surface area contributed by atoms with Crippen LogP contribution in [0, 0.1) is 0 Å². The van der Waals surface area contributed by atoms with Gasteiger partial charge in [-0.25, -0.2) is 0 Å². The van der Waals surface area contributed by atoms with E-state index in [4.69, 9.17) is 5.11 Å². The summed E-state index contributed by atoms with van der Waals surface area (Å²) in [6, 6.07) is 0. The summed E-state index contributed by atoms with van der Waals surface area (Å²) in [7, 11) is 0. The van der Waals surface area contributed by atoms with Crippen LogP contribution in [0.15, 0.2) is 0 Å². The van der Waals surface area contributed by atoms with Crippen molar-refractivity contribution in [3.8, 4) is 0 Å². The molecule has 2 nitrogen and oxygen atoms in total. The highest BCUT2D eigenvalue weighted by Crippen LogP contribution is 2.16. The Bertz CT molecular complexity index is 318. The molecule has 0 radical (unpaired) electrons. The molecule has 0 aliphatic rings. The zero-order valence-electron chi connectivity index (χ0n) is 22.3. The maximum atomic E-state index is 10.2. The van der Waals surface area contributed by atoms with Gasteiger partial charge in [0.05, 0.1) is 6.10 Å². The molecule has 1 atom stereocenters. The van der Waals surface area contributed by atoms with E-state index in [1.54, 1.807) is 0 Å². The third-order valence-corrected chi connectivity index (χ3v) is 7.09. The minimum absolute atomic E-state index is 0.0443. The molecule has 1 unspecified atom stereocenters. The Morgan fingerprint density at radius 1 is 0.375 bits per heavy atom. The van der Waals surface area contributed by atoms with Crippen LogP contribution in [0.1, 0.15) is 180 Å². The third-order valence-electron chi connectivity index (χ3n) is 7.09. The smallest absolute Gasteiger partial charge is 0.0540 e. The molecule has 0 saturated carbocycles. The van der Waals surface area contributed by atoms with E-state index in [1.807, 2.05) is 0 Å². The average molecular weight is 455 g/mol. The first kappa shape index (κ1) is 31.9. The quantitative estimate of drug-likeness (QED) is 0.115. The Labute approximate surface area is 203 Å². The highest BCUT2D eigenvalue weighted by atomic mass is 16.3. The van der Waals surface area contributed by atoms with Gasteiger partial charge in [-0.2, -0.15) is 0 Å². The lowest BCUT2D eigenvalue weighted by atomic mass is 10.0. The first-order chi connectivity index (χ1) is 15.8. The fourth-order valence-corrected chi connectivity index (χ4v) is 4.80. The van der Waals surface area contributed by atoms with Gasteiger partial charge in [0.15, 0.2) is 0 Å². The van der Waals surface area contributed by atoms with Gasteiger partial charge in [-0.05, 0) is 19.3 Å². The lowest BCUT2D eigenvalue weighted by Gasteiger charge is -2.10. The molecule has 194 valence electrons. The number of unbranched alkanes of at least 4 members (excludes halogenated alkanes) is 23. The molecule has 0 aromatic carbocycles. The first-order valence-electron chi connectivity index (χ1n) is 15.1. The molecule has 0 aromatic heterocycles. The van der Waals surface area contributed by atoms with Crippen LogP contribution < -0.4 is 0 Å². The van der Waals surface area contributed by atoms with Crippen LogP contribution in [0.25, 0.3) is 0 Å². The molecule has 0 spiro atoms. The fourth-order valence-electron chi connectivity index (χ4n) is 4.80. The summed E-state index contributed by atoms with van der Waals surface area (Å²) in [4.78, 5) is 0. The van der Waals surface area contributed by atoms with Gasteiger partial charge in [-0.3, -0.25) is 0 Å². The van der Waals surface area contributed by atoms with Gasteiger partial charge >= 0.3 is 0 Å². The summed E-state index contributed by atoms with van der Waals surface area (Å²) in [5.74, 6) is 0. The van der Waals surface area contributed by atoms with Crippen LogP contribution in [0.2, 0.25) is 0 Å². The molecule has 0 saturated heterocycles. The Hall–Kier alpha value is -0.0800. The zero-order valence-corrected chi connectivity index (χ0v) is 22.3. The molecule has 2 heteroatoms. The van der Waals surface area contributed by atoms with Gasteiger partial charge in [-0.15, -0.1) is 0 Å². The molecule has 0 bridgehead atoms. The monoisotopic (exact) mass is 454 g/mol. The Morgan fingerprint density at radius 3 is 0.906 bits per heavy atom. The predicted molar refractivity (Wildman–Crippen MR) is 143 cm³/mol. The topological polar surface area (TPSA) is 40.5 Å². The van der Waals surface area contributed by atoms with Crippen molar-refractivity contribution in [2.24, 2.45) is 0 Å². The molecule has 0 aliphatic carbocycles. The highest BCUT2D eigenvalue weighted by Gasteiger charge is 2.04. The van der Waals surface area contributed by atoms with Crippen LogP contribution in [-0.2, 0) is 0 Å². The summed E-state index contributed by atoms with van der Waals surface area (Å²) >= 11 is 0. The van der Waals surface area contributed by atoms with E-state index in [0.29, 0.717) is 6.61 Å². The van der Waals surface area contributed by atoms with Crippen molar-refractivity contribution in [2.75, 3.05) is 6.61 Å². The SMILES string of the molecule is CCCCCCCCCCCCCC(O)CCCCCCCCCCCCCCCCO. The van der Waals surface area contributed by atoms with E-state index < -0.39 is 0 Å². The second kappa shape index (κ2) is 29.0. The summed E-state index contributed by atoms with van der Waals surface area (Å²) in [5, 5.41) is 18.9. The van der Waals surface area contributed by atoms with Crippen LogP contribution in [0.3, 0.4) is 0 Å². The lowest BCUT2D eigenvalue weighted by Crippen LogP contribution is -2.05. The summed E-state index contributed by atoms with van der Waals surface area (Å²) in [5.41, 5.74) is 0. The van der Waals surface area contributed by atoms with E-state index >= 15 is 0 Å². The molecule has 0 aliphatic heterocycles. The molecule has 2 N–H and O–H groups in total. The maximum Gasteiger partial charge on any atom is 0.0540 e. The Balaban J connectivity index is 3.12. The Morgan fingerprint density at radius 2 is 0.625 bits per heavy atom. The number of rotatable bonds is 28. The largest absolute Gasteiger partial charge is 0.396 e. The van der Waals surface area contributed by atoms with Crippen molar-refractivity contribution >= 4 is 0 Å². The molecule has 0 amide bonds. The minimum Gasteiger partial charge on any atom is -0.396 e. The second-order valence-corrected chi connectivity index (χ2v) is 10.4. The number of aliphatic hydroxyl groups excluding tert-OH is 2. The lowest BCUT2D eigenvalue weighted by molar-refractivity contribution is 0.147. The zero-order chi connectivity index (χ0) is 23.4. The third kappa shape index (κ3) is 28.0. The van der Waals surface area contributed by atoms with Gasteiger partial charge in [-0.1, -0.05) is 161 Å². The molecule has 0 fully saturated rings. The summed E-state index contributed by atoms with van der Waals surface area (Å²) < 4.78 is 0. The molecular formula is C30H62O2. The van der Waals surface area contributed by atoms with E-state index in [-0.39, 0.29) is 6.10 Å². The number of aliphatic hydroxyl groups is 2. The first-order valence-corrected chi connectivity index (χ1v) is 15.1. The van der Waals surface area contributed by atoms with E-state index in [1.165, 1.54) is 154 Å². The molecule has 32 heavy (non-hydrogen) atoms. The van der Waals surface area contributed by atoms with Crippen molar-refractivity contribution < 1.29 is 10.2 Å². The van der Waals surface area contributed by atoms with Crippen LogP contribution in [0.4, 0.5) is 0 Å². The molecule has 0 aromatic rings. The second-order valence-electron chi connectivity index (χ2n) is 10.4. The van der Waals surface area contributed by atoms with Gasteiger partial charge in [0.2, 0.25) is 0 Å². The standard InChI is InChI=1S/C30H62O2/c1-2-3-4-5-6-7-12-15-18-21-24-27-30(32)28-25-22-19-16-13-10-8-9-11-14-17-20-23-26-29-31/h30-32H,2-29H2,1H3. The molecule has 0 rings (SSSR count). The van der Waals surface area contributed by atoms with Gasteiger partial charge in [0.25, 0.3) is 0 Å². The summed E-state index contributed by atoms with van der Waals surface area (Å²) in [6.45, 7) is 2.65. The Kier molecular flexibility index (Phi) is 28.9. The number of hydrogen-bond acceptors (Lipinski definition) is 2. The minimum atomic E-state index is -0.0443. The van der Waals surface area contributed by atoms with E-state index in [2.05, 4.69) is 6.92 Å². The van der Waals surface area contributed by atoms with E-state index in [0.717, 1.165) is 19.3 Å². The molecule has 0 heterocycles. The molecular weight excluding hydrogens is 392 g/mol. The van der Waals surface area contributed by atoms with Crippen molar-refractivity contribution in [2.45, 2.75) is 186 Å². The highest BCUT2D eigenvalue weighted by molar-refractivity contribution is 4.58. The predicted octanol–water partition coefficient (Wildman–Crippen LogP) is 9.89. The van der Waals surface area contributed by atoms with Crippen molar-refractivity contribution in [3.63, 3.8) is 0 Å². The van der Waals surface area contributed by atoms with Crippen LogP contribution in [-0.4, -0.2) is 22.9 Å². The summed E-state index contributed by atoms with van der Waals surface area (Å²) in [6.07, 6.45) is 35.7. The van der Waals surface area contributed by atoms with Gasteiger partial charge in [0, 0.05) is 6.61 Å². The van der Waals surface area contributed by atoms with Gasteiger partial charge in [0.1, 0.15) is 0 Å². The van der Waals surface area contributed by atoms with Crippen molar-refractivity contribution in [3.05, 3.63) is 0 Å².